The summed E-state index contributed by atoms with van der Waals surface area (Å²) in [6.45, 7) is 2.72. The lowest BCUT2D eigenvalue weighted by molar-refractivity contribution is -0.130. The maximum Gasteiger partial charge on any atom is 0.223 e. The monoisotopic (exact) mass is 337 g/mol. The lowest BCUT2D eigenvalue weighted by Crippen LogP contribution is -2.26. The SMILES string of the molecule is C[C@@H]1C[C@@H]1c1ccc(CCC(=O)N(C)Cc2nc3ccccc3[nH]2)o1. The number of imidazole rings is 1. The summed E-state index contributed by atoms with van der Waals surface area (Å²) in [6, 6.07) is 12.0. The molecule has 25 heavy (non-hydrogen) atoms. The number of aromatic nitrogens is 2. The third-order valence-corrected chi connectivity index (χ3v) is 4.99. The molecule has 0 spiro atoms. The highest BCUT2D eigenvalue weighted by Crippen LogP contribution is 2.47. The summed E-state index contributed by atoms with van der Waals surface area (Å²) in [5.74, 6) is 4.19. The molecule has 0 bridgehead atoms. The van der Waals surface area contributed by atoms with Gasteiger partial charge >= 0.3 is 0 Å². The summed E-state index contributed by atoms with van der Waals surface area (Å²) in [7, 11) is 1.81. The zero-order valence-corrected chi connectivity index (χ0v) is 14.7. The van der Waals surface area contributed by atoms with Crippen LogP contribution in [0.3, 0.4) is 0 Å². The van der Waals surface area contributed by atoms with Crippen molar-refractivity contribution < 1.29 is 9.21 Å². The lowest BCUT2D eigenvalue weighted by Gasteiger charge is -2.15. The molecule has 0 aliphatic heterocycles. The Labute approximate surface area is 147 Å². The van der Waals surface area contributed by atoms with Crippen LogP contribution in [0.4, 0.5) is 0 Å². The highest BCUT2D eigenvalue weighted by molar-refractivity contribution is 5.77. The smallest absolute Gasteiger partial charge is 0.223 e. The van der Waals surface area contributed by atoms with Crippen LogP contribution in [0.25, 0.3) is 11.0 Å². The fourth-order valence-electron chi connectivity index (χ4n) is 3.26. The quantitative estimate of drug-likeness (QED) is 0.743. The highest BCUT2D eigenvalue weighted by Gasteiger charge is 2.36. The van der Waals surface area contributed by atoms with E-state index in [1.807, 2.05) is 37.4 Å². The van der Waals surface area contributed by atoms with E-state index in [4.69, 9.17) is 4.42 Å². The van der Waals surface area contributed by atoms with Crippen molar-refractivity contribution in [2.24, 2.45) is 5.92 Å². The van der Waals surface area contributed by atoms with Gasteiger partial charge < -0.3 is 14.3 Å². The van der Waals surface area contributed by atoms with E-state index in [1.54, 1.807) is 4.90 Å². The molecule has 1 saturated carbocycles. The number of fused-ring (bicyclic) bond motifs is 1. The number of furan rings is 1. The molecule has 5 heteroatoms. The molecule has 4 rings (SSSR count). The molecule has 1 amide bonds. The van der Waals surface area contributed by atoms with E-state index in [9.17, 15) is 4.79 Å². The average Bonchev–Trinajstić information content (AvgIpc) is 3.01. The van der Waals surface area contributed by atoms with Crippen molar-refractivity contribution in [3.63, 3.8) is 0 Å². The number of rotatable bonds is 6. The standard InChI is InChI=1S/C20H23N3O2/c1-13-11-15(13)18-9-7-14(25-18)8-10-20(24)23(2)12-19-21-16-5-3-4-6-17(16)22-19/h3-7,9,13,15H,8,10-12H2,1-2H3,(H,21,22)/t13-,15+/m1/s1. The number of nitrogens with one attached hydrogen (secondary N) is 1. The third-order valence-electron chi connectivity index (χ3n) is 4.99. The molecular weight excluding hydrogens is 314 g/mol. The van der Waals surface area contributed by atoms with Crippen LogP contribution in [0.15, 0.2) is 40.8 Å². The van der Waals surface area contributed by atoms with Crippen molar-refractivity contribution in [2.75, 3.05) is 7.05 Å². The number of hydrogen-bond acceptors (Lipinski definition) is 3. The van der Waals surface area contributed by atoms with Crippen LogP contribution in [0.1, 0.15) is 43.0 Å². The maximum atomic E-state index is 12.4. The number of H-pyrrole nitrogens is 1. The molecule has 2 aromatic heterocycles. The molecule has 130 valence electrons. The molecule has 1 aromatic carbocycles. The molecule has 1 fully saturated rings. The van der Waals surface area contributed by atoms with Crippen LogP contribution in [-0.4, -0.2) is 27.8 Å². The molecule has 0 saturated heterocycles. The second-order valence-corrected chi connectivity index (χ2v) is 7.07. The molecule has 1 aliphatic carbocycles. The van der Waals surface area contributed by atoms with Gasteiger partial charge in [0.25, 0.3) is 0 Å². The van der Waals surface area contributed by atoms with Crippen LogP contribution in [0.2, 0.25) is 0 Å². The van der Waals surface area contributed by atoms with Gasteiger partial charge in [0.15, 0.2) is 0 Å². The Morgan fingerprint density at radius 1 is 1.32 bits per heavy atom. The largest absolute Gasteiger partial charge is 0.466 e. The normalized spacial score (nSPS) is 19.3. The average molecular weight is 337 g/mol. The number of carbonyl (C=O) groups excluding carboxylic acids is 1. The van der Waals surface area contributed by atoms with E-state index >= 15 is 0 Å². The number of hydrogen-bond donors (Lipinski definition) is 1. The van der Waals surface area contributed by atoms with E-state index in [1.165, 1.54) is 6.42 Å². The summed E-state index contributed by atoms with van der Waals surface area (Å²) < 4.78 is 5.88. The summed E-state index contributed by atoms with van der Waals surface area (Å²) in [6.07, 6.45) is 2.31. The summed E-state index contributed by atoms with van der Waals surface area (Å²) in [4.78, 5) is 21.9. The zero-order chi connectivity index (χ0) is 17.4. The predicted octanol–water partition coefficient (Wildman–Crippen LogP) is 3.87. The second-order valence-electron chi connectivity index (χ2n) is 7.07. The summed E-state index contributed by atoms with van der Waals surface area (Å²) in [5.41, 5.74) is 1.92. The lowest BCUT2D eigenvalue weighted by atomic mass is 10.2. The molecule has 0 radical (unpaired) electrons. The molecule has 2 atom stereocenters. The molecule has 2 heterocycles. The first-order valence-electron chi connectivity index (χ1n) is 8.86. The molecule has 5 nitrogen and oxygen atoms in total. The second kappa shape index (κ2) is 6.39. The van der Waals surface area contributed by atoms with Crippen LogP contribution in [0.5, 0.6) is 0 Å². The van der Waals surface area contributed by atoms with Gasteiger partial charge in [-0.25, -0.2) is 4.98 Å². The first kappa shape index (κ1) is 15.9. The van der Waals surface area contributed by atoms with Crippen molar-refractivity contribution in [3.05, 3.63) is 53.7 Å². The predicted molar refractivity (Wildman–Crippen MR) is 96.1 cm³/mol. The minimum Gasteiger partial charge on any atom is -0.466 e. The van der Waals surface area contributed by atoms with Crippen LogP contribution in [-0.2, 0) is 17.8 Å². The Bertz CT molecular complexity index is 862. The number of carbonyl (C=O) groups is 1. The fraction of sp³-hybridized carbons (Fsp3) is 0.400. The highest BCUT2D eigenvalue weighted by atomic mass is 16.3. The van der Waals surface area contributed by atoms with Crippen LogP contribution in [0, 0.1) is 5.92 Å². The molecular formula is C20H23N3O2. The van der Waals surface area contributed by atoms with Crippen LogP contribution < -0.4 is 0 Å². The van der Waals surface area contributed by atoms with E-state index < -0.39 is 0 Å². The van der Waals surface area contributed by atoms with E-state index in [0.29, 0.717) is 25.3 Å². The van der Waals surface area contributed by atoms with Crippen LogP contribution >= 0.6 is 0 Å². The molecule has 3 aromatic rings. The number of para-hydroxylation sites is 2. The molecule has 1 aliphatic rings. The molecule has 1 N–H and O–H groups in total. The van der Waals surface area contributed by atoms with Gasteiger partial charge in [-0.15, -0.1) is 0 Å². The van der Waals surface area contributed by atoms with Crippen molar-refractivity contribution >= 4 is 16.9 Å². The Hall–Kier alpha value is -2.56. The van der Waals surface area contributed by atoms with Crippen molar-refractivity contribution in [2.45, 2.75) is 38.6 Å². The number of aryl methyl sites for hydroxylation is 1. The topological polar surface area (TPSA) is 62.1 Å². The Morgan fingerprint density at radius 3 is 2.88 bits per heavy atom. The zero-order valence-electron chi connectivity index (χ0n) is 14.7. The molecule has 0 unspecified atom stereocenters. The first-order valence-corrected chi connectivity index (χ1v) is 8.86. The summed E-state index contributed by atoms with van der Waals surface area (Å²) in [5, 5.41) is 0. The van der Waals surface area contributed by atoms with Crippen molar-refractivity contribution in [3.8, 4) is 0 Å². The number of amides is 1. The number of nitrogens with zero attached hydrogens (tertiary/aromatic N) is 2. The third kappa shape index (κ3) is 3.45. The Morgan fingerprint density at radius 2 is 2.12 bits per heavy atom. The maximum absolute atomic E-state index is 12.4. The van der Waals surface area contributed by atoms with Gasteiger partial charge in [0.05, 0.1) is 17.6 Å². The Kier molecular flexibility index (Phi) is 4.07. The minimum atomic E-state index is 0.0956. The number of aromatic amines is 1. The van der Waals surface area contributed by atoms with E-state index in [2.05, 4.69) is 23.0 Å². The number of benzene rings is 1. The first-order chi connectivity index (χ1) is 12.1. The van der Waals surface area contributed by atoms with Gasteiger partial charge in [-0.05, 0) is 36.6 Å². The van der Waals surface area contributed by atoms with Gasteiger partial charge in [-0.1, -0.05) is 19.1 Å². The van der Waals surface area contributed by atoms with Crippen molar-refractivity contribution in [1.29, 1.82) is 0 Å². The van der Waals surface area contributed by atoms with E-state index in [-0.39, 0.29) is 5.91 Å². The Balaban J connectivity index is 1.31. The van der Waals surface area contributed by atoms with Gasteiger partial charge in [0.1, 0.15) is 17.3 Å². The summed E-state index contributed by atoms with van der Waals surface area (Å²) >= 11 is 0. The minimum absolute atomic E-state index is 0.0956. The van der Waals surface area contributed by atoms with Gasteiger partial charge in [-0.2, -0.15) is 0 Å². The van der Waals surface area contributed by atoms with E-state index in [0.717, 1.165) is 34.3 Å². The van der Waals surface area contributed by atoms with Gasteiger partial charge in [-0.3, -0.25) is 4.79 Å². The van der Waals surface area contributed by atoms with Gasteiger partial charge in [0.2, 0.25) is 5.91 Å². The van der Waals surface area contributed by atoms with Gasteiger partial charge in [0, 0.05) is 25.8 Å². The fourth-order valence-corrected chi connectivity index (χ4v) is 3.26. The van der Waals surface area contributed by atoms with Crippen molar-refractivity contribution in [1.82, 2.24) is 14.9 Å².